The van der Waals surface area contributed by atoms with Gasteiger partial charge in [0.1, 0.15) is 0 Å². The summed E-state index contributed by atoms with van der Waals surface area (Å²) < 4.78 is 0. The quantitative estimate of drug-likeness (QED) is 0.643. The third kappa shape index (κ3) is 6.16. The number of carbonyl (C=O) groups is 1. The van der Waals surface area contributed by atoms with E-state index < -0.39 is 12.1 Å². The zero-order valence-electron chi connectivity index (χ0n) is 7.79. The number of rotatable bonds is 6. The minimum atomic E-state index is -0.925. The second-order valence-corrected chi connectivity index (χ2v) is 3.38. The van der Waals surface area contributed by atoms with E-state index in [9.17, 15) is 9.90 Å². The van der Waals surface area contributed by atoms with Crippen molar-refractivity contribution >= 4 is 5.97 Å². The van der Waals surface area contributed by atoms with Crippen molar-refractivity contribution < 1.29 is 15.0 Å². The normalized spacial score (nSPS) is 15.6. The molecule has 0 radical (unpaired) electrons. The number of carboxylic acid groups (broad SMARTS) is 1. The van der Waals surface area contributed by atoms with Gasteiger partial charge in [0.2, 0.25) is 0 Å². The molecule has 0 aromatic heterocycles. The van der Waals surface area contributed by atoms with Gasteiger partial charge in [0, 0.05) is 0 Å². The highest BCUT2D eigenvalue weighted by atomic mass is 16.4. The van der Waals surface area contributed by atoms with Gasteiger partial charge in [-0.15, -0.1) is 0 Å². The molecule has 0 aromatic carbocycles. The Labute approximate surface area is 73.4 Å². The second-order valence-electron chi connectivity index (χ2n) is 3.38. The van der Waals surface area contributed by atoms with Gasteiger partial charge in [0.25, 0.3) is 0 Å². The van der Waals surface area contributed by atoms with Crippen molar-refractivity contribution in [3.8, 4) is 0 Å². The predicted molar refractivity (Wildman–Crippen MR) is 46.9 cm³/mol. The Kier molecular flexibility index (Phi) is 5.72. The predicted octanol–water partition coefficient (Wildman–Crippen LogP) is 1.65. The molecule has 0 amide bonds. The van der Waals surface area contributed by atoms with E-state index in [1.807, 2.05) is 6.92 Å². The summed E-state index contributed by atoms with van der Waals surface area (Å²) in [5.74, 6) is -0.504. The van der Waals surface area contributed by atoms with Gasteiger partial charge in [-0.2, -0.15) is 0 Å². The molecule has 0 unspecified atom stereocenters. The Bertz CT molecular complexity index is 134. The van der Waals surface area contributed by atoms with Gasteiger partial charge in [-0.3, -0.25) is 4.79 Å². The van der Waals surface area contributed by atoms with Crippen LogP contribution in [0.15, 0.2) is 0 Å². The van der Waals surface area contributed by atoms with Crippen LogP contribution in [0.4, 0.5) is 0 Å². The van der Waals surface area contributed by atoms with Crippen molar-refractivity contribution in [1.29, 1.82) is 0 Å². The summed E-state index contributed by atoms with van der Waals surface area (Å²) in [6.45, 7) is 4.12. The molecule has 0 aliphatic rings. The van der Waals surface area contributed by atoms with E-state index >= 15 is 0 Å². The van der Waals surface area contributed by atoms with Gasteiger partial charge in [0.05, 0.1) is 12.5 Å². The topological polar surface area (TPSA) is 57.5 Å². The molecule has 3 nitrogen and oxygen atoms in total. The molecule has 0 rings (SSSR count). The average molecular weight is 174 g/mol. The van der Waals surface area contributed by atoms with Crippen molar-refractivity contribution in [2.45, 2.75) is 45.6 Å². The van der Waals surface area contributed by atoms with Crippen LogP contribution in [0.25, 0.3) is 0 Å². The van der Waals surface area contributed by atoms with Crippen molar-refractivity contribution in [3.63, 3.8) is 0 Å². The van der Waals surface area contributed by atoms with Gasteiger partial charge in [-0.1, -0.05) is 26.7 Å². The maximum atomic E-state index is 10.2. The van der Waals surface area contributed by atoms with Gasteiger partial charge < -0.3 is 10.2 Å². The highest BCUT2D eigenvalue weighted by Crippen LogP contribution is 2.13. The number of aliphatic carboxylic acids is 1. The molecule has 0 aromatic rings. The van der Waals surface area contributed by atoms with Gasteiger partial charge >= 0.3 is 5.97 Å². The summed E-state index contributed by atoms with van der Waals surface area (Å²) in [5.41, 5.74) is 0. The van der Waals surface area contributed by atoms with E-state index in [0.717, 1.165) is 12.8 Å². The third-order valence-electron chi connectivity index (χ3n) is 1.87. The summed E-state index contributed by atoms with van der Waals surface area (Å²) in [5, 5.41) is 17.6. The fourth-order valence-electron chi connectivity index (χ4n) is 1.36. The lowest BCUT2D eigenvalue weighted by molar-refractivity contribution is -0.139. The van der Waals surface area contributed by atoms with Crippen molar-refractivity contribution in [3.05, 3.63) is 0 Å². The molecule has 3 heteroatoms. The van der Waals surface area contributed by atoms with E-state index in [4.69, 9.17) is 5.11 Å². The van der Waals surface area contributed by atoms with E-state index in [1.165, 1.54) is 0 Å². The van der Waals surface area contributed by atoms with Crippen LogP contribution < -0.4 is 0 Å². The van der Waals surface area contributed by atoms with E-state index in [1.54, 1.807) is 0 Å². The zero-order chi connectivity index (χ0) is 9.56. The first kappa shape index (κ1) is 11.4. The van der Waals surface area contributed by atoms with E-state index in [0.29, 0.717) is 12.3 Å². The molecule has 0 heterocycles. The smallest absolute Gasteiger partial charge is 0.305 e. The molecule has 0 aliphatic heterocycles. The summed E-state index contributed by atoms with van der Waals surface area (Å²) in [7, 11) is 0. The Morgan fingerprint density at radius 2 is 2.08 bits per heavy atom. The molecule has 0 fully saturated rings. The number of aliphatic hydroxyl groups excluding tert-OH is 1. The van der Waals surface area contributed by atoms with Crippen LogP contribution >= 0.6 is 0 Å². The highest BCUT2D eigenvalue weighted by Gasteiger charge is 2.12. The molecule has 0 saturated heterocycles. The molecular formula is C9H18O3. The van der Waals surface area contributed by atoms with Crippen LogP contribution in [-0.4, -0.2) is 22.3 Å². The number of hydrogen-bond acceptors (Lipinski definition) is 2. The number of hydrogen-bond donors (Lipinski definition) is 2. The monoisotopic (exact) mass is 174 g/mol. The second kappa shape index (κ2) is 6.00. The Morgan fingerprint density at radius 1 is 1.50 bits per heavy atom. The van der Waals surface area contributed by atoms with Crippen molar-refractivity contribution in [2.24, 2.45) is 5.92 Å². The van der Waals surface area contributed by atoms with Crippen LogP contribution in [0.3, 0.4) is 0 Å². The lowest BCUT2D eigenvalue weighted by Gasteiger charge is -2.13. The van der Waals surface area contributed by atoms with Crippen LogP contribution in [0.1, 0.15) is 39.5 Å². The minimum absolute atomic E-state index is 0.131. The van der Waals surface area contributed by atoms with Crippen LogP contribution in [0.5, 0.6) is 0 Å². The van der Waals surface area contributed by atoms with Gasteiger partial charge in [-0.05, 0) is 12.3 Å². The van der Waals surface area contributed by atoms with Crippen molar-refractivity contribution in [2.75, 3.05) is 0 Å². The molecule has 2 atom stereocenters. The first-order chi connectivity index (χ1) is 5.56. The molecular weight excluding hydrogens is 156 g/mol. The number of aliphatic hydroxyl groups is 1. The first-order valence-electron chi connectivity index (χ1n) is 4.46. The zero-order valence-corrected chi connectivity index (χ0v) is 7.79. The highest BCUT2D eigenvalue weighted by molar-refractivity contribution is 5.67. The fraction of sp³-hybridized carbons (Fsp3) is 0.889. The van der Waals surface area contributed by atoms with E-state index in [-0.39, 0.29) is 6.42 Å². The standard InChI is InChI=1S/C9H18O3/c1-3-4-7(2)5-8(10)6-9(11)12/h7-8,10H,3-6H2,1-2H3,(H,11,12)/t7-,8+/m1/s1. The first-order valence-corrected chi connectivity index (χ1v) is 4.46. The molecule has 0 aliphatic carbocycles. The fourth-order valence-corrected chi connectivity index (χ4v) is 1.36. The Morgan fingerprint density at radius 3 is 2.50 bits per heavy atom. The summed E-state index contributed by atoms with van der Waals surface area (Å²) in [4.78, 5) is 10.2. The molecule has 0 saturated carbocycles. The molecule has 72 valence electrons. The number of carboxylic acids is 1. The summed E-state index contributed by atoms with van der Waals surface area (Å²) in [6.07, 6.45) is 1.93. The third-order valence-corrected chi connectivity index (χ3v) is 1.87. The summed E-state index contributed by atoms with van der Waals surface area (Å²) >= 11 is 0. The van der Waals surface area contributed by atoms with Gasteiger partial charge in [-0.25, -0.2) is 0 Å². The maximum Gasteiger partial charge on any atom is 0.305 e. The van der Waals surface area contributed by atoms with Crippen LogP contribution in [0, 0.1) is 5.92 Å². The minimum Gasteiger partial charge on any atom is -0.481 e. The Balaban J connectivity index is 3.53. The largest absolute Gasteiger partial charge is 0.481 e. The molecule has 0 bridgehead atoms. The maximum absolute atomic E-state index is 10.2. The lowest BCUT2D eigenvalue weighted by Crippen LogP contribution is -2.16. The molecule has 0 spiro atoms. The van der Waals surface area contributed by atoms with Crippen LogP contribution in [-0.2, 0) is 4.79 Å². The lowest BCUT2D eigenvalue weighted by atomic mass is 9.97. The van der Waals surface area contributed by atoms with Crippen LogP contribution in [0.2, 0.25) is 0 Å². The van der Waals surface area contributed by atoms with Crippen molar-refractivity contribution in [1.82, 2.24) is 0 Å². The molecule has 12 heavy (non-hydrogen) atoms. The SMILES string of the molecule is CCC[C@@H](C)C[C@H](O)CC(=O)O. The average Bonchev–Trinajstić information content (AvgIpc) is 1.84. The van der Waals surface area contributed by atoms with E-state index in [2.05, 4.69) is 6.92 Å². The Hall–Kier alpha value is -0.570. The van der Waals surface area contributed by atoms with Gasteiger partial charge in [0.15, 0.2) is 0 Å². The summed E-state index contributed by atoms with van der Waals surface area (Å²) in [6, 6.07) is 0. The molecule has 2 N–H and O–H groups in total.